The van der Waals surface area contributed by atoms with Gasteiger partial charge in [-0.1, -0.05) is 29.8 Å². The minimum atomic E-state index is -3.88. The highest BCUT2D eigenvalue weighted by Crippen LogP contribution is 2.24. The van der Waals surface area contributed by atoms with Crippen molar-refractivity contribution in [1.82, 2.24) is 4.90 Å². The van der Waals surface area contributed by atoms with E-state index in [-0.39, 0.29) is 16.6 Å². The fourth-order valence-corrected chi connectivity index (χ4v) is 5.13. The first kappa shape index (κ1) is 25.6. The number of anilines is 1. The minimum Gasteiger partial charge on any atom is -0.497 e. The number of aryl methyl sites for hydroxylation is 2. The molecule has 190 valence electrons. The molecule has 0 saturated carbocycles. The highest BCUT2D eigenvalue weighted by atomic mass is 32.2. The predicted octanol–water partition coefficient (Wildman–Crippen LogP) is 4.44. The standard InChI is InChI=1S/C28H32N2O5S/c1-22-6-16-27(17-7-22)36(32,33)35-26-14-10-24(11-15-26)29-18-20-30(21-19-29)28(31)5-3-4-23-8-12-25(34-2)13-9-23/h6-17H,3-5,18-21H2,1-2H3. The van der Waals surface area contributed by atoms with Crippen LogP contribution in [0.25, 0.3) is 0 Å². The molecule has 4 rings (SSSR count). The van der Waals surface area contributed by atoms with Gasteiger partial charge in [0.15, 0.2) is 0 Å². The highest BCUT2D eigenvalue weighted by Gasteiger charge is 2.21. The number of hydrogen-bond acceptors (Lipinski definition) is 6. The van der Waals surface area contributed by atoms with Crippen LogP contribution in [0.4, 0.5) is 5.69 Å². The summed E-state index contributed by atoms with van der Waals surface area (Å²) in [5.41, 5.74) is 3.16. The number of ether oxygens (including phenoxy) is 1. The number of amides is 1. The summed E-state index contributed by atoms with van der Waals surface area (Å²) < 4.78 is 35.5. The number of carbonyl (C=O) groups is 1. The van der Waals surface area contributed by atoms with E-state index < -0.39 is 10.1 Å². The van der Waals surface area contributed by atoms with Crippen molar-refractivity contribution in [2.24, 2.45) is 0 Å². The number of nitrogens with zero attached hydrogens (tertiary/aromatic N) is 2. The van der Waals surface area contributed by atoms with Gasteiger partial charge in [0.25, 0.3) is 0 Å². The number of methoxy groups -OCH3 is 1. The molecule has 8 heteroatoms. The predicted molar refractivity (Wildman–Crippen MR) is 140 cm³/mol. The number of benzene rings is 3. The van der Waals surface area contributed by atoms with Crippen LogP contribution in [-0.4, -0.2) is 52.5 Å². The summed E-state index contributed by atoms with van der Waals surface area (Å²) in [4.78, 5) is 16.9. The molecule has 1 amide bonds. The van der Waals surface area contributed by atoms with Gasteiger partial charge in [-0.05, 0) is 73.9 Å². The molecule has 1 aliphatic rings. The molecular weight excluding hydrogens is 476 g/mol. The third kappa shape index (κ3) is 6.57. The lowest BCUT2D eigenvalue weighted by Crippen LogP contribution is -2.48. The average Bonchev–Trinajstić information content (AvgIpc) is 2.89. The Labute approximate surface area is 213 Å². The molecule has 1 aliphatic heterocycles. The summed E-state index contributed by atoms with van der Waals surface area (Å²) in [5.74, 6) is 1.29. The summed E-state index contributed by atoms with van der Waals surface area (Å²) in [6.07, 6.45) is 2.22. The van der Waals surface area contributed by atoms with E-state index in [2.05, 4.69) is 4.90 Å². The monoisotopic (exact) mass is 508 g/mol. The Morgan fingerprint density at radius 2 is 1.44 bits per heavy atom. The maximum atomic E-state index is 12.7. The zero-order valence-electron chi connectivity index (χ0n) is 20.7. The lowest BCUT2D eigenvalue weighted by molar-refractivity contribution is -0.131. The van der Waals surface area contributed by atoms with Crippen LogP contribution in [0.1, 0.15) is 24.0 Å². The zero-order chi connectivity index (χ0) is 25.5. The van der Waals surface area contributed by atoms with Gasteiger partial charge in [0.1, 0.15) is 16.4 Å². The smallest absolute Gasteiger partial charge is 0.339 e. The maximum Gasteiger partial charge on any atom is 0.339 e. The third-order valence-corrected chi connectivity index (χ3v) is 7.63. The Balaban J connectivity index is 1.23. The van der Waals surface area contributed by atoms with Crippen LogP contribution in [0.2, 0.25) is 0 Å². The molecule has 1 heterocycles. The maximum absolute atomic E-state index is 12.7. The van der Waals surface area contributed by atoms with Gasteiger partial charge in [-0.2, -0.15) is 8.42 Å². The van der Waals surface area contributed by atoms with Crippen LogP contribution in [0.5, 0.6) is 11.5 Å². The van der Waals surface area contributed by atoms with Gasteiger partial charge in [-0.25, -0.2) is 0 Å². The Morgan fingerprint density at radius 3 is 2.06 bits per heavy atom. The number of carbonyl (C=O) groups excluding carboxylic acids is 1. The van der Waals surface area contributed by atoms with Crippen molar-refractivity contribution in [2.45, 2.75) is 31.1 Å². The highest BCUT2D eigenvalue weighted by molar-refractivity contribution is 7.87. The van der Waals surface area contributed by atoms with Crippen molar-refractivity contribution in [3.63, 3.8) is 0 Å². The number of piperazine rings is 1. The van der Waals surface area contributed by atoms with E-state index in [1.807, 2.05) is 48.2 Å². The molecule has 0 radical (unpaired) electrons. The second-order valence-electron chi connectivity index (χ2n) is 8.91. The Bertz CT molecular complexity index is 1250. The molecular formula is C28H32N2O5S. The summed E-state index contributed by atoms with van der Waals surface area (Å²) in [7, 11) is -2.23. The van der Waals surface area contributed by atoms with Gasteiger partial charge < -0.3 is 18.7 Å². The Kier molecular flexibility index (Phi) is 8.15. The van der Waals surface area contributed by atoms with Gasteiger partial charge >= 0.3 is 10.1 Å². The fraction of sp³-hybridized carbons (Fsp3) is 0.321. The first-order chi connectivity index (χ1) is 17.3. The van der Waals surface area contributed by atoms with Crippen LogP contribution in [0, 0.1) is 6.92 Å². The van der Waals surface area contributed by atoms with E-state index >= 15 is 0 Å². The van der Waals surface area contributed by atoms with Gasteiger partial charge in [0, 0.05) is 38.3 Å². The van der Waals surface area contributed by atoms with Crippen LogP contribution in [0.3, 0.4) is 0 Å². The number of rotatable bonds is 9. The molecule has 3 aromatic carbocycles. The summed E-state index contributed by atoms with van der Waals surface area (Å²) in [6, 6.07) is 21.6. The van der Waals surface area contributed by atoms with E-state index in [9.17, 15) is 13.2 Å². The van der Waals surface area contributed by atoms with Gasteiger partial charge in [0.2, 0.25) is 5.91 Å². The number of hydrogen-bond donors (Lipinski definition) is 0. The summed E-state index contributed by atoms with van der Waals surface area (Å²) >= 11 is 0. The van der Waals surface area contributed by atoms with E-state index in [4.69, 9.17) is 8.92 Å². The SMILES string of the molecule is COc1ccc(CCCC(=O)N2CCN(c3ccc(OS(=O)(=O)c4ccc(C)cc4)cc3)CC2)cc1. The molecule has 0 aliphatic carbocycles. The topological polar surface area (TPSA) is 76.2 Å². The molecule has 0 spiro atoms. The van der Waals surface area contributed by atoms with Crippen molar-refractivity contribution in [2.75, 3.05) is 38.2 Å². The fourth-order valence-electron chi connectivity index (χ4n) is 4.20. The van der Waals surface area contributed by atoms with E-state index in [0.29, 0.717) is 19.5 Å². The van der Waals surface area contributed by atoms with Gasteiger partial charge in [-0.3, -0.25) is 4.79 Å². The lowest BCUT2D eigenvalue weighted by Gasteiger charge is -2.36. The largest absolute Gasteiger partial charge is 0.497 e. The summed E-state index contributed by atoms with van der Waals surface area (Å²) in [6.45, 7) is 4.69. The van der Waals surface area contributed by atoms with E-state index in [1.54, 1.807) is 43.5 Å². The minimum absolute atomic E-state index is 0.127. The van der Waals surface area contributed by atoms with Gasteiger partial charge in [-0.15, -0.1) is 0 Å². The van der Waals surface area contributed by atoms with E-state index in [1.165, 1.54) is 5.56 Å². The molecule has 0 unspecified atom stereocenters. The normalized spacial score (nSPS) is 13.9. The lowest BCUT2D eigenvalue weighted by atomic mass is 10.1. The van der Waals surface area contributed by atoms with E-state index in [0.717, 1.165) is 42.9 Å². The van der Waals surface area contributed by atoms with Crippen molar-refractivity contribution >= 4 is 21.7 Å². The second-order valence-corrected chi connectivity index (χ2v) is 10.5. The molecule has 7 nitrogen and oxygen atoms in total. The van der Waals surface area contributed by atoms with Crippen LogP contribution >= 0.6 is 0 Å². The average molecular weight is 509 g/mol. The van der Waals surface area contributed by atoms with Crippen molar-refractivity contribution in [3.05, 3.63) is 83.9 Å². The molecule has 0 bridgehead atoms. The quantitative estimate of drug-likeness (QED) is 0.398. The third-order valence-electron chi connectivity index (χ3n) is 6.36. The first-order valence-corrected chi connectivity index (χ1v) is 13.5. The molecule has 0 atom stereocenters. The molecule has 1 saturated heterocycles. The van der Waals surface area contributed by atoms with Gasteiger partial charge in [0.05, 0.1) is 7.11 Å². The van der Waals surface area contributed by atoms with Crippen LogP contribution < -0.4 is 13.8 Å². The van der Waals surface area contributed by atoms with Crippen molar-refractivity contribution in [3.8, 4) is 11.5 Å². The Hall–Kier alpha value is -3.52. The molecule has 1 fully saturated rings. The second kappa shape index (κ2) is 11.5. The molecule has 0 N–H and O–H groups in total. The Morgan fingerprint density at radius 1 is 0.833 bits per heavy atom. The first-order valence-electron chi connectivity index (χ1n) is 12.1. The van der Waals surface area contributed by atoms with Crippen molar-refractivity contribution < 1.29 is 22.1 Å². The van der Waals surface area contributed by atoms with Crippen LogP contribution in [-0.2, 0) is 21.3 Å². The van der Waals surface area contributed by atoms with Crippen LogP contribution in [0.15, 0.2) is 77.7 Å². The molecule has 3 aromatic rings. The molecule has 36 heavy (non-hydrogen) atoms. The summed E-state index contributed by atoms with van der Waals surface area (Å²) in [5, 5.41) is 0. The zero-order valence-corrected chi connectivity index (χ0v) is 21.5. The molecule has 0 aromatic heterocycles. The van der Waals surface area contributed by atoms with Crippen molar-refractivity contribution in [1.29, 1.82) is 0 Å².